The van der Waals surface area contributed by atoms with Crippen molar-refractivity contribution >= 4 is 5.78 Å². The Morgan fingerprint density at radius 3 is 2.45 bits per heavy atom. The van der Waals surface area contributed by atoms with Crippen LogP contribution >= 0.6 is 0 Å². The number of hydrogen-bond acceptors (Lipinski definition) is 1. The largest absolute Gasteiger partial charge is 0.299 e. The van der Waals surface area contributed by atoms with Gasteiger partial charge in [-0.1, -0.05) is 13.8 Å². The van der Waals surface area contributed by atoms with Crippen LogP contribution in [0.15, 0.2) is 0 Å². The van der Waals surface area contributed by atoms with Crippen molar-refractivity contribution in [2.45, 2.75) is 33.1 Å². The lowest BCUT2D eigenvalue weighted by molar-refractivity contribution is -0.123. The summed E-state index contributed by atoms with van der Waals surface area (Å²) in [6.07, 6.45) is 3.43. The van der Waals surface area contributed by atoms with Crippen LogP contribution in [0.1, 0.15) is 33.1 Å². The molecule has 1 heteroatoms. The molecule has 2 fully saturated rings. The average molecular weight is 152 g/mol. The highest BCUT2D eigenvalue weighted by Crippen LogP contribution is 2.48. The first kappa shape index (κ1) is 7.33. The Morgan fingerprint density at radius 2 is 2.09 bits per heavy atom. The van der Waals surface area contributed by atoms with Crippen LogP contribution in [0.4, 0.5) is 0 Å². The predicted octanol–water partition coefficient (Wildman–Crippen LogP) is 2.26. The number of Topliss-reactive ketones (excluding diaryl/α,β-unsaturated/α-hetero) is 1. The molecule has 3 unspecified atom stereocenters. The number of rotatable bonds is 1. The summed E-state index contributed by atoms with van der Waals surface area (Å²) in [6, 6.07) is 0. The minimum absolute atomic E-state index is 0.458. The normalized spacial score (nSPS) is 42.5. The summed E-state index contributed by atoms with van der Waals surface area (Å²) in [5.74, 6) is 3.22. The van der Waals surface area contributed by atoms with Gasteiger partial charge >= 0.3 is 0 Å². The van der Waals surface area contributed by atoms with Gasteiger partial charge in [0.1, 0.15) is 5.78 Å². The van der Waals surface area contributed by atoms with Crippen molar-refractivity contribution in [2.24, 2.45) is 23.7 Å². The number of fused-ring (bicyclic) bond motifs is 2. The van der Waals surface area contributed by atoms with E-state index in [4.69, 9.17) is 0 Å². The molecule has 0 heterocycles. The average Bonchev–Trinajstić information content (AvgIpc) is 2.43. The second-order valence-corrected chi connectivity index (χ2v) is 4.52. The number of hydrogen-bond donors (Lipinski definition) is 0. The Bertz CT molecular complexity index is 183. The van der Waals surface area contributed by atoms with Gasteiger partial charge in [-0.05, 0) is 30.6 Å². The van der Waals surface area contributed by atoms with Crippen molar-refractivity contribution < 1.29 is 4.79 Å². The summed E-state index contributed by atoms with van der Waals surface area (Å²) in [4.78, 5) is 11.4. The fraction of sp³-hybridized carbons (Fsp3) is 0.900. The van der Waals surface area contributed by atoms with Crippen molar-refractivity contribution in [3.63, 3.8) is 0 Å². The maximum Gasteiger partial charge on any atom is 0.136 e. The fourth-order valence-electron chi connectivity index (χ4n) is 2.89. The molecule has 2 rings (SSSR count). The maximum atomic E-state index is 11.4. The van der Waals surface area contributed by atoms with E-state index in [1.165, 1.54) is 12.8 Å². The van der Waals surface area contributed by atoms with Crippen LogP contribution in [-0.4, -0.2) is 5.78 Å². The summed E-state index contributed by atoms with van der Waals surface area (Å²) in [6.45, 7) is 4.50. The topological polar surface area (TPSA) is 17.1 Å². The highest BCUT2D eigenvalue weighted by atomic mass is 16.1. The molecule has 2 aliphatic rings. The van der Waals surface area contributed by atoms with Gasteiger partial charge in [0.2, 0.25) is 0 Å². The molecular formula is C10H16O. The van der Waals surface area contributed by atoms with Gasteiger partial charge < -0.3 is 0 Å². The fourth-order valence-corrected chi connectivity index (χ4v) is 2.89. The molecule has 0 spiro atoms. The van der Waals surface area contributed by atoms with Gasteiger partial charge in [-0.15, -0.1) is 0 Å². The zero-order valence-corrected chi connectivity index (χ0v) is 7.34. The van der Waals surface area contributed by atoms with Crippen LogP contribution < -0.4 is 0 Å². The van der Waals surface area contributed by atoms with Crippen molar-refractivity contribution in [3.8, 4) is 0 Å². The van der Waals surface area contributed by atoms with E-state index < -0.39 is 0 Å². The molecular weight excluding hydrogens is 136 g/mol. The van der Waals surface area contributed by atoms with Crippen LogP contribution in [0.3, 0.4) is 0 Å². The van der Waals surface area contributed by atoms with Crippen LogP contribution in [0.25, 0.3) is 0 Å². The SMILES string of the molecule is CC(C)C1CC2CC(=O)C1C2. The third-order valence-corrected chi connectivity index (χ3v) is 3.47. The predicted molar refractivity (Wildman–Crippen MR) is 44.2 cm³/mol. The van der Waals surface area contributed by atoms with E-state index in [0.717, 1.165) is 18.3 Å². The molecule has 0 aliphatic heterocycles. The minimum Gasteiger partial charge on any atom is -0.299 e. The van der Waals surface area contributed by atoms with Gasteiger partial charge in [-0.2, -0.15) is 0 Å². The highest BCUT2D eigenvalue weighted by molar-refractivity contribution is 5.84. The molecule has 1 nitrogen and oxygen atoms in total. The van der Waals surface area contributed by atoms with E-state index in [1.807, 2.05) is 0 Å². The quantitative estimate of drug-likeness (QED) is 0.563. The first-order valence-electron chi connectivity index (χ1n) is 4.71. The Labute approximate surface area is 68.2 Å². The smallest absolute Gasteiger partial charge is 0.136 e. The summed E-state index contributed by atoms with van der Waals surface area (Å²) >= 11 is 0. The zero-order valence-electron chi connectivity index (χ0n) is 7.34. The van der Waals surface area contributed by atoms with Crippen molar-refractivity contribution in [3.05, 3.63) is 0 Å². The van der Waals surface area contributed by atoms with Gasteiger partial charge in [-0.3, -0.25) is 4.79 Å². The summed E-state index contributed by atoms with van der Waals surface area (Å²) in [5.41, 5.74) is 0. The molecule has 2 aliphatic carbocycles. The van der Waals surface area contributed by atoms with Crippen LogP contribution in [-0.2, 0) is 4.79 Å². The molecule has 3 atom stereocenters. The number of ketones is 1. The number of carbonyl (C=O) groups is 1. The van der Waals surface area contributed by atoms with E-state index in [0.29, 0.717) is 17.6 Å². The molecule has 0 aromatic heterocycles. The molecule has 0 aromatic carbocycles. The third-order valence-electron chi connectivity index (χ3n) is 3.47. The zero-order chi connectivity index (χ0) is 8.01. The Balaban J connectivity index is 2.12. The molecule has 0 N–H and O–H groups in total. The summed E-state index contributed by atoms with van der Waals surface area (Å²) in [7, 11) is 0. The monoisotopic (exact) mass is 152 g/mol. The van der Waals surface area contributed by atoms with E-state index in [-0.39, 0.29) is 0 Å². The lowest BCUT2D eigenvalue weighted by atomic mass is 9.80. The standard InChI is InChI=1S/C10H16O/c1-6(2)8-3-7-4-9(8)10(11)5-7/h6-9H,3-5H2,1-2H3. The summed E-state index contributed by atoms with van der Waals surface area (Å²) < 4.78 is 0. The van der Waals surface area contributed by atoms with E-state index in [1.54, 1.807) is 0 Å². The lowest BCUT2D eigenvalue weighted by Crippen LogP contribution is -2.23. The molecule has 0 aromatic rings. The molecule has 62 valence electrons. The molecule has 0 radical (unpaired) electrons. The van der Waals surface area contributed by atoms with Crippen LogP contribution in [0, 0.1) is 23.7 Å². The van der Waals surface area contributed by atoms with Gasteiger partial charge in [0, 0.05) is 12.3 Å². The van der Waals surface area contributed by atoms with Crippen molar-refractivity contribution in [1.82, 2.24) is 0 Å². The maximum absolute atomic E-state index is 11.4. The minimum atomic E-state index is 0.458. The lowest BCUT2D eigenvalue weighted by Gasteiger charge is -2.23. The second-order valence-electron chi connectivity index (χ2n) is 4.52. The summed E-state index contributed by atoms with van der Waals surface area (Å²) in [5, 5.41) is 0. The van der Waals surface area contributed by atoms with Gasteiger partial charge in [0.15, 0.2) is 0 Å². The van der Waals surface area contributed by atoms with E-state index in [9.17, 15) is 4.79 Å². The Hall–Kier alpha value is -0.330. The number of carbonyl (C=O) groups excluding carboxylic acids is 1. The third kappa shape index (κ3) is 1.02. The van der Waals surface area contributed by atoms with Gasteiger partial charge in [-0.25, -0.2) is 0 Å². The van der Waals surface area contributed by atoms with Crippen molar-refractivity contribution in [1.29, 1.82) is 0 Å². The first-order valence-corrected chi connectivity index (χ1v) is 4.71. The van der Waals surface area contributed by atoms with E-state index in [2.05, 4.69) is 13.8 Å². The molecule has 2 saturated carbocycles. The highest BCUT2D eigenvalue weighted by Gasteiger charge is 2.46. The second kappa shape index (κ2) is 2.33. The van der Waals surface area contributed by atoms with Gasteiger partial charge in [0.05, 0.1) is 0 Å². The molecule has 0 amide bonds. The van der Waals surface area contributed by atoms with Gasteiger partial charge in [0.25, 0.3) is 0 Å². The van der Waals surface area contributed by atoms with Crippen LogP contribution in [0.2, 0.25) is 0 Å². The molecule has 2 bridgehead atoms. The molecule has 11 heavy (non-hydrogen) atoms. The van der Waals surface area contributed by atoms with E-state index >= 15 is 0 Å². The first-order chi connectivity index (χ1) is 5.18. The Morgan fingerprint density at radius 1 is 1.36 bits per heavy atom. The Kier molecular flexibility index (Phi) is 1.55. The molecule has 0 saturated heterocycles. The van der Waals surface area contributed by atoms with Crippen LogP contribution in [0.5, 0.6) is 0 Å². The van der Waals surface area contributed by atoms with Crippen molar-refractivity contribution in [2.75, 3.05) is 0 Å².